The first-order valence-electron chi connectivity index (χ1n) is 7.16. The number of hydrogen-bond acceptors (Lipinski definition) is 3. The van der Waals surface area contributed by atoms with Crippen LogP contribution in [0.15, 0.2) is 36.5 Å². The van der Waals surface area contributed by atoms with E-state index in [4.69, 9.17) is 23.2 Å². The summed E-state index contributed by atoms with van der Waals surface area (Å²) in [5.74, 6) is -0.451. The van der Waals surface area contributed by atoms with Gasteiger partial charge in [0.1, 0.15) is 0 Å². The first-order chi connectivity index (χ1) is 10.6. The van der Waals surface area contributed by atoms with Crippen molar-refractivity contribution in [1.82, 2.24) is 10.3 Å². The summed E-state index contributed by atoms with van der Waals surface area (Å²) in [6.45, 7) is 2.47. The number of halogens is 3. The zero-order valence-corrected chi connectivity index (χ0v) is 13.4. The van der Waals surface area contributed by atoms with E-state index in [9.17, 15) is 4.39 Å². The summed E-state index contributed by atoms with van der Waals surface area (Å²) in [4.78, 5) is 5.90. The van der Waals surface area contributed by atoms with Crippen molar-refractivity contribution in [2.45, 2.75) is 19.0 Å². The van der Waals surface area contributed by atoms with E-state index >= 15 is 0 Å². The van der Waals surface area contributed by atoms with Gasteiger partial charge in [0, 0.05) is 25.7 Å². The summed E-state index contributed by atoms with van der Waals surface area (Å²) < 4.78 is 12.9. The number of anilines is 1. The monoisotopic (exact) mass is 339 g/mol. The summed E-state index contributed by atoms with van der Waals surface area (Å²) in [5, 5.41) is 4.68. The lowest BCUT2D eigenvalue weighted by molar-refractivity contribution is 0.551. The highest BCUT2D eigenvalue weighted by atomic mass is 35.5. The fourth-order valence-electron chi connectivity index (χ4n) is 2.66. The Hall–Kier alpha value is -1.36. The van der Waals surface area contributed by atoms with Gasteiger partial charge in [-0.25, -0.2) is 4.98 Å². The highest BCUT2D eigenvalue weighted by Crippen LogP contribution is 2.26. The molecule has 3 nitrogen and oxygen atoms in total. The zero-order valence-electron chi connectivity index (χ0n) is 11.9. The van der Waals surface area contributed by atoms with Crippen molar-refractivity contribution in [1.29, 1.82) is 0 Å². The number of nitrogens with zero attached hydrogens (tertiary/aromatic N) is 2. The van der Waals surface area contributed by atoms with Crippen molar-refractivity contribution in [2.75, 3.05) is 18.0 Å². The predicted molar refractivity (Wildman–Crippen MR) is 88.1 cm³/mol. The third kappa shape index (κ3) is 3.51. The minimum atomic E-state index is -0.451. The predicted octanol–water partition coefficient (Wildman–Crippen LogP) is 3.90. The molecule has 22 heavy (non-hydrogen) atoms. The molecule has 6 heteroatoms. The molecular formula is C16H16Cl2FN3. The summed E-state index contributed by atoms with van der Waals surface area (Å²) in [7, 11) is 0. The van der Waals surface area contributed by atoms with Crippen molar-refractivity contribution in [3.8, 4) is 0 Å². The van der Waals surface area contributed by atoms with E-state index < -0.39 is 5.95 Å². The Morgan fingerprint density at radius 3 is 2.91 bits per heavy atom. The fraction of sp³-hybridized carbons (Fsp3) is 0.312. The molecule has 2 heterocycles. The van der Waals surface area contributed by atoms with Gasteiger partial charge in [-0.15, -0.1) is 0 Å². The second-order valence-electron chi connectivity index (χ2n) is 5.36. The van der Waals surface area contributed by atoms with E-state index in [1.54, 1.807) is 18.3 Å². The van der Waals surface area contributed by atoms with Crippen LogP contribution in [0.2, 0.25) is 10.0 Å². The van der Waals surface area contributed by atoms with Gasteiger partial charge >= 0.3 is 0 Å². The molecule has 1 atom stereocenters. The summed E-state index contributed by atoms with van der Waals surface area (Å²) in [5.41, 5.74) is 1.95. The lowest BCUT2D eigenvalue weighted by atomic mass is 10.2. The molecule has 116 valence electrons. The van der Waals surface area contributed by atoms with Gasteiger partial charge in [-0.3, -0.25) is 0 Å². The molecule has 1 aromatic heterocycles. The molecular weight excluding hydrogens is 324 g/mol. The highest BCUT2D eigenvalue weighted by Gasteiger charge is 2.22. The van der Waals surface area contributed by atoms with Gasteiger partial charge < -0.3 is 10.2 Å². The summed E-state index contributed by atoms with van der Waals surface area (Å²) in [6, 6.07) is 9.17. The van der Waals surface area contributed by atoms with Crippen LogP contribution in [0, 0.1) is 5.95 Å². The SMILES string of the molecule is Fc1ccc(N2CCC(NCc3cccc(Cl)c3Cl)C2)cn1. The van der Waals surface area contributed by atoms with E-state index in [0.717, 1.165) is 30.8 Å². The number of hydrogen-bond donors (Lipinski definition) is 1. The van der Waals surface area contributed by atoms with Crippen LogP contribution in [-0.4, -0.2) is 24.1 Å². The molecule has 0 saturated carbocycles. The van der Waals surface area contributed by atoms with E-state index in [1.165, 1.54) is 6.07 Å². The van der Waals surface area contributed by atoms with Gasteiger partial charge in [0.15, 0.2) is 0 Å². The molecule has 0 amide bonds. The van der Waals surface area contributed by atoms with Gasteiger partial charge in [0.05, 0.1) is 21.9 Å². The maximum Gasteiger partial charge on any atom is 0.212 e. The highest BCUT2D eigenvalue weighted by molar-refractivity contribution is 6.42. The maximum atomic E-state index is 12.9. The summed E-state index contributed by atoms with van der Waals surface area (Å²) in [6.07, 6.45) is 2.60. The standard InChI is InChI=1S/C16H16Cl2FN3/c17-14-3-1-2-11(16(14)18)8-20-12-6-7-22(10-12)13-4-5-15(19)21-9-13/h1-5,9,12,20H,6-8,10H2. The second kappa shape index (κ2) is 6.82. The van der Waals surface area contributed by atoms with Crippen LogP contribution in [0.1, 0.15) is 12.0 Å². The van der Waals surface area contributed by atoms with Crippen LogP contribution < -0.4 is 10.2 Å². The van der Waals surface area contributed by atoms with Crippen LogP contribution in [0.5, 0.6) is 0 Å². The topological polar surface area (TPSA) is 28.2 Å². The normalized spacial score (nSPS) is 18.0. The third-order valence-corrected chi connectivity index (χ3v) is 4.74. The minimum absolute atomic E-state index is 0.361. The van der Waals surface area contributed by atoms with Crippen molar-refractivity contribution in [3.05, 3.63) is 58.1 Å². The van der Waals surface area contributed by atoms with Crippen molar-refractivity contribution < 1.29 is 4.39 Å². The molecule has 1 N–H and O–H groups in total. The number of nitrogens with one attached hydrogen (secondary N) is 1. The Kier molecular flexibility index (Phi) is 4.81. The molecule has 0 aliphatic carbocycles. The Bertz CT molecular complexity index is 648. The molecule has 3 rings (SSSR count). The van der Waals surface area contributed by atoms with Gasteiger partial charge in [0.25, 0.3) is 0 Å². The molecule has 0 spiro atoms. The number of pyridine rings is 1. The Morgan fingerprint density at radius 2 is 2.14 bits per heavy atom. The Labute approximate surface area is 139 Å². The first-order valence-corrected chi connectivity index (χ1v) is 7.92. The van der Waals surface area contributed by atoms with E-state index in [-0.39, 0.29) is 0 Å². The maximum absolute atomic E-state index is 12.9. The second-order valence-corrected chi connectivity index (χ2v) is 6.15. The fourth-order valence-corrected chi connectivity index (χ4v) is 3.04. The smallest absolute Gasteiger partial charge is 0.212 e. The summed E-state index contributed by atoms with van der Waals surface area (Å²) >= 11 is 12.2. The molecule has 1 fully saturated rings. The number of aromatic nitrogens is 1. The van der Waals surface area contributed by atoms with Crippen molar-refractivity contribution in [2.24, 2.45) is 0 Å². The number of benzene rings is 1. The Balaban J connectivity index is 1.57. The lowest BCUT2D eigenvalue weighted by Gasteiger charge is -2.19. The van der Waals surface area contributed by atoms with Gasteiger partial charge in [0.2, 0.25) is 5.95 Å². The zero-order chi connectivity index (χ0) is 15.5. The average molecular weight is 340 g/mol. The molecule has 1 unspecified atom stereocenters. The van der Waals surface area contributed by atoms with Crippen LogP contribution in [0.3, 0.4) is 0 Å². The van der Waals surface area contributed by atoms with Gasteiger partial charge in [-0.05, 0) is 30.2 Å². The Morgan fingerprint density at radius 1 is 1.27 bits per heavy atom. The van der Waals surface area contributed by atoms with Gasteiger partial charge in [-0.1, -0.05) is 35.3 Å². The van der Waals surface area contributed by atoms with Crippen LogP contribution >= 0.6 is 23.2 Å². The van der Waals surface area contributed by atoms with Crippen molar-refractivity contribution >= 4 is 28.9 Å². The van der Waals surface area contributed by atoms with E-state index in [0.29, 0.717) is 22.6 Å². The average Bonchev–Trinajstić information content (AvgIpc) is 2.98. The van der Waals surface area contributed by atoms with Crippen LogP contribution in [0.25, 0.3) is 0 Å². The molecule has 1 aliphatic rings. The quantitative estimate of drug-likeness (QED) is 0.856. The van der Waals surface area contributed by atoms with Crippen LogP contribution in [-0.2, 0) is 6.54 Å². The molecule has 0 bridgehead atoms. The van der Waals surface area contributed by atoms with Crippen LogP contribution in [0.4, 0.5) is 10.1 Å². The first kappa shape index (κ1) is 15.5. The molecule has 1 aromatic carbocycles. The van der Waals surface area contributed by atoms with E-state index in [2.05, 4.69) is 15.2 Å². The van der Waals surface area contributed by atoms with E-state index in [1.807, 2.05) is 12.1 Å². The molecule has 0 radical (unpaired) electrons. The lowest BCUT2D eigenvalue weighted by Crippen LogP contribution is -2.32. The minimum Gasteiger partial charge on any atom is -0.369 e. The largest absolute Gasteiger partial charge is 0.369 e. The molecule has 1 aliphatic heterocycles. The third-order valence-electron chi connectivity index (χ3n) is 3.88. The van der Waals surface area contributed by atoms with Crippen molar-refractivity contribution in [3.63, 3.8) is 0 Å². The molecule has 1 saturated heterocycles. The number of rotatable bonds is 4. The van der Waals surface area contributed by atoms with Gasteiger partial charge in [-0.2, -0.15) is 4.39 Å². The molecule has 2 aromatic rings.